The normalized spacial score (nSPS) is 41.7. The summed E-state index contributed by atoms with van der Waals surface area (Å²) in [6.07, 6.45) is -4.44. The van der Waals surface area contributed by atoms with Crippen LogP contribution in [0.25, 0.3) is 0 Å². The largest absolute Gasteiger partial charge is 0.388 e. The Labute approximate surface area is 159 Å². The van der Waals surface area contributed by atoms with E-state index in [4.69, 9.17) is 4.74 Å². The van der Waals surface area contributed by atoms with Crippen molar-refractivity contribution >= 4 is 22.7 Å². The molecule has 0 aromatic rings. The first-order valence-corrected chi connectivity index (χ1v) is 10.6. The van der Waals surface area contributed by atoms with Crippen molar-refractivity contribution in [1.29, 1.82) is 0 Å². The number of halogens is 2. The van der Waals surface area contributed by atoms with Crippen LogP contribution in [0.3, 0.4) is 0 Å². The molecule has 2 aliphatic heterocycles. The standard InChI is InChI=1S/C16H27F2NO5S2/c1-16(2,3)26(23)19-8-6-4-5-7-9(14(17)18)25-15-12(22)10(20)11(21)13(8)24-15/h4-5,8-15,19-22H,6-7H2,1-3H3/b5-4-/t8-,9+,10+,11-,12-,13-,15-,26?/m1/s1. The SMILES string of the molecule is CC(C)(C)S(=O)N[C@@H]1C/C=C\C[C@@H](C(F)F)S[C@H]2O[C@H]1[C@H](O)[C@H](O)[C@H]2O. The Kier molecular flexibility index (Phi) is 7.63. The highest BCUT2D eigenvalue weighted by atomic mass is 32.2. The number of thioether (sulfide) groups is 1. The van der Waals surface area contributed by atoms with E-state index >= 15 is 0 Å². The third-order valence-electron chi connectivity index (χ3n) is 4.33. The van der Waals surface area contributed by atoms with Crippen LogP contribution in [0, 0.1) is 0 Å². The molecule has 1 saturated heterocycles. The molecule has 4 N–H and O–H groups in total. The molecule has 2 aliphatic rings. The molecule has 0 saturated carbocycles. The number of alkyl halides is 2. The van der Waals surface area contributed by atoms with Gasteiger partial charge in [0.2, 0.25) is 0 Å². The summed E-state index contributed by atoms with van der Waals surface area (Å²) in [5.74, 6) is 0. The molecule has 10 heteroatoms. The number of hydrogen-bond acceptors (Lipinski definition) is 6. The minimum absolute atomic E-state index is 0.0767. The quantitative estimate of drug-likeness (QED) is 0.512. The lowest BCUT2D eigenvalue weighted by Crippen LogP contribution is -2.63. The molecule has 1 fully saturated rings. The molecule has 2 rings (SSSR count). The fourth-order valence-electron chi connectivity index (χ4n) is 2.75. The fraction of sp³-hybridized carbons (Fsp3) is 0.875. The average molecular weight is 416 g/mol. The Morgan fingerprint density at radius 2 is 1.77 bits per heavy atom. The highest BCUT2D eigenvalue weighted by Gasteiger charge is 2.48. The van der Waals surface area contributed by atoms with E-state index in [0.29, 0.717) is 0 Å². The van der Waals surface area contributed by atoms with Gasteiger partial charge in [-0.05, 0) is 33.6 Å². The van der Waals surface area contributed by atoms with E-state index in [1.165, 1.54) is 0 Å². The van der Waals surface area contributed by atoms with Crippen LogP contribution in [0.5, 0.6) is 0 Å². The molecule has 152 valence electrons. The van der Waals surface area contributed by atoms with Gasteiger partial charge in [0.1, 0.15) is 29.9 Å². The second-order valence-corrected chi connectivity index (χ2v) is 10.8. The Morgan fingerprint density at radius 3 is 2.35 bits per heavy atom. The van der Waals surface area contributed by atoms with E-state index in [1.807, 2.05) is 0 Å². The zero-order chi connectivity index (χ0) is 19.6. The van der Waals surface area contributed by atoms with E-state index in [0.717, 1.165) is 11.8 Å². The van der Waals surface area contributed by atoms with Gasteiger partial charge in [0.15, 0.2) is 0 Å². The van der Waals surface area contributed by atoms with Gasteiger partial charge in [-0.2, -0.15) is 0 Å². The highest BCUT2D eigenvalue weighted by molar-refractivity contribution is 8.00. The number of aliphatic hydroxyl groups is 3. The number of hydrogen-bond donors (Lipinski definition) is 4. The lowest BCUT2D eigenvalue weighted by Gasteiger charge is -2.44. The van der Waals surface area contributed by atoms with Crippen LogP contribution in [0.2, 0.25) is 0 Å². The Hall–Kier alpha value is -0.100. The Morgan fingerprint density at radius 1 is 1.15 bits per heavy atom. The van der Waals surface area contributed by atoms with Gasteiger partial charge in [0.25, 0.3) is 6.43 Å². The van der Waals surface area contributed by atoms with Crippen molar-refractivity contribution in [3.05, 3.63) is 12.2 Å². The summed E-state index contributed by atoms with van der Waals surface area (Å²) < 4.78 is 47.0. The first kappa shape index (κ1) is 22.2. The minimum atomic E-state index is -2.62. The van der Waals surface area contributed by atoms with Crippen molar-refractivity contribution in [3.63, 3.8) is 0 Å². The topological polar surface area (TPSA) is 99.0 Å². The molecular weight excluding hydrogens is 388 g/mol. The van der Waals surface area contributed by atoms with E-state index in [1.54, 1.807) is 32.9 Å². The third-order valence-corrected chi connectivity index (χ3v) is 7.37. The first-order chi connectivity index (χ1) is 12.0. The van der Waals surface area contributed by atoms with E-state index in [9.17, 15) is 28.3 Å². The summed E-state index contributed by atoms with van der Waals surface area (Å²) >= 11 is 0.743. The van der Waals surface area contributed by atoms with Gasteiger partial charge in [-0.3, -0.25) is 0 Å². The molecule has 0 radical (unpaired) electrons. The molecule has 26 heavy (non-hydrogen) atoms. The third kappa shape index (κ3) is 5.24. The predicted molar refractivity (Wildman–Crippen MR) is 97.3 cm³/mol. The lowest BCUT2D eigenvalue weighted by molar-refractivity contribution is -0.203. The van der Waals surface area contributed by atoms with Crippen LogP contribution in [-0.2, 0) is 15.7 Å². The Bertz CT molecular complexity index is 531. The van der Waals surface area contributed by atoms with Crippen molar-refractivity contribution < 1.29 is 33.0 Å². The number of nitrogens with one attached hydrogen (secondary N) is 1. The summed E-state index contributed by atoms with van der Waals surface area (Å²) in [5, 5.41) is 29.6. The zero-order valence-electron chi connectivity index (χ0n) is 14.9. The average Bonchev–Trinajstić information content (AvgIpc) is 2.55. The molecule has 2 bridgehead atoms. The van der Waals surface area contributed by atoms with E-state index in [-0.39, 0.29) is 12.8 Å². The number of ether oxygens (including phenoxy) is 1. The molecular formula is C16H27F2NO5S2. The van der Waals surface area contributed by atoms with Crippen LogP contribution in [0.4, 0.5) is 8.78 Å². The summed E-state index contributed by atoms with van der Waals surface area (Å²) in [6, 6.07) is -0.616. The van der Waals surface area contributed by atoms with E-state index < -0.39 is 63.3 Å². The van der Waals surface area contributed by atoms with Crippen molar-refractivity contribution in [2.45, 2.75) is 85.9 Å². The monoisotopic (exact) mass is 415 g/mol. The summed E-state index contributed by atoms with van der Waals surface area (Å²) in [6.45, 7) is 5.36. The molecule has 0 aromatic carbocycles. The molecule has 0 amide bonds. The van der Waals surface area contributed by atoms with Gasteiger partial charge >= 0.3 is 0 Å². The second-order valence-electron chi connectivity index (χ2n) is 7.50. The van der Waals surface area contributed by atoms with Crippen LogP contribution in [-0.4, -0.2) is 71.8 Å². The van der Waals surface area contributed by atoms with Gasteiger partial charge < -0.3 is 20.1 Å². The summed E-state index contributed by atoms with van der Waals surface area (Å²) in [4.78, 5) is 0. The van der Waals surface area contributed by atoms with Crippen LogP contribution in [0.15, 0.2) is 12.2 Å². The molecule has 2 heterocycles. The maximum absolute atomic E-state index is 13.2. The van der Waals surface area contributed by atoms with Crippen LogP contribution >= 0.6 is 11.8 Å². The summed E-state index contributed by atoms with van der Waals surface area (Å²) in [7, 11) is -1.46. The van der Waals surface area contributed by atoms with Crippen molar-refractivity contribution in [3.8, 4) is 0 Å². The zero-order valence-corrected chi connectivity index (χ0v) is 16.6. The van der Waals surface area contributed by atoms with Gasteiger partial charge in [-0.1, -0.05) is 12.2 Å². The van der Waals surface area contributed by atoms with Gasteiger partial charge in [-0.25, -0.2) is 17.7 Å². The van der Waals surface area contributed by atoms with Crippen molar-refractivity contribution in [2.24, 2.45) is 0 Å². The predicted octanol–water partition coefficient (Wildman–Crippen LogP) is 0.931. The molecule has 1 unspecified atom stereocenters. The molecule has 6 nitrogen and oxygen atoms in total. The molecule has 0 spiro atoms. The second kappa shape index (κ2) is 8.93. The number of allylic oxidation sites excluding steroid dienone is 1. The maximum atomic E-state index is 13.2. The highest BCUT2D eigenvalue weighted by Crippen LogP contribution is 2.36. The Balaban J connectivity index is 2.29. The van der Waals surface area contributed by atoms with Crippen molar-refractivity contribution in [2.75, 3.05) is 0 Å². The first-order valence-electron chi connectivity index (χ1n) is 8.48. The molecule has 8 atom stereocenters. The van der Waals surface area contributed by atoms with Gasteiger partial charge in [0, 0.05) is 0 Å². The smallest absolute Gasteiger partial charge is 0.250 e. The maximum Gasteiger partial charge on any atom is 0.250 e. The van der Waals surface area contributed by atoms with Crippen LogP contribution < -0.4 is 4.72 Å². The molecule has 0 aliphatic carbocycles. The van der Waals surface area contributed by atoms with Crippen molar-refractivity contribution in [1.82, 2.24) is 4.72 Å². The summed E-state index contributed by atoms with van der Waals surface area (Å²) in [5.41, 5.74) is -1.11. The number of rotatable bonds is 3. The van der Waals surface area contributed by atoms with Crippen LogP contribution in [0.1, 0.15) is 33.6 Å². The number of aliphatic hydroxyl groups excluding tert-OH is 3. The minimum Gasteiger partial charge on any atom is -0.388 e. The molecule has 0 aromatic heterocycles. The fourth-order valence-corrected chi connectivity index (χ4v) is 4.80. The van der Waals surface area contributed by atoms with Gasteiger partial charge in [-0.15, -0.1) is 11.8 Å². The van der Waals surface area contributed by atoms with E-state index in [2.05, 4.69) is 4.72 Å². The number of fused-ring (bicyclic) bond motifs is 2. The van der Waals surface area contributed by atoms with Gasteiger partial charge in [0.05, 0.1) is 27.0 Å². The lowest BCUT2D eigenvalue weighted by atomic mass is 9.93.